The highest BCUT2D eigenvalue weighted by Crippen LogP contribution is 2.50. The summed E-state index contributed by atoms with van der Waals surface area (Å²) in [5.41, 5.74) is 6.38. The van der Waals surface area contributed by atoms with Crippen molar-refractivity contribution < 1.29 is 41.9 Å². The minimum atomic E-state index is -3.91. The standard InChI is InChI=1S/C20H30N5O9P/c1-12(2)9-31-35(28,30-8-7-29-13(3)26)32-10-15-5-6-16(34-15)25-11-22-17-18(25)23-20(21)24-19(17)33-14(4)27/h11-12,15-16H,5-10H2,1-4H3,(H2,21,23,24)/t15-,16+,35?/m0/s1. The third-order valence-corrected chi connectivity index (χ3v) is 6.09. The van der Waals surface area contributed by atoms with E-state index in [4.69, 9.17) is 33.5 Å². The third kappa shape index (κ3) is 7.67. The second-order valence-electron chi connectivity index (χ2n) is 8.20. The number of phosphoric acid groups is 1. The number of nitrogens with zero attached hydrogens (tertiary/aromatic N) is 4. The number of carbonyl (C=O) groups is 2. The van der Waals surface area contributed by atoms with Crippen molar-refractivity contribution in [2.45, 2.75) is 52.9 Å². The summed E-state index contributed by atoms with van der Waals surface area (Å²) >= 11 is 0. The Hall–Kier alpha value is -2.64. The summed E-state index contributed by atoms with van der Waals surface area (Å²) in [5.74, 6) is -1.06. The molecule has 2 aromatic heterocycles. The zero-order valence-electron chi connectivity index (χ0n) is 20.0. The largest absolute Gasteiger partial charge is 0.475 e. The van der Waals surface area contributed by atoms with Gasteiger partial charge in [-0.3, -0.25) is 27.7 Å². The van der Waals surface area contributed by atoms with Crippen LogP contribution in [0.3, 0.4) is 0 Å². The molecular weight excluding hydrogens is 485 g/mol. The van der Waals surface area contributed by atoms with Crippen LogP contribution in [0, 0.1) is 5.92 Å². The van der Waals surface area contributed by atoms with Crippen LogP contribution < -0.4 is 10.5 Å². The van der Waals surface area contributed by atoms with Gasteiger partial charge >= 0.3 is 19.8 Å². The second-order valence-corrected chi connectivity index (χ2v) is 9.87. The van der Waals surface area contributed by atoms with Crippen molar-refractivity contribution in [1.82, 2.24) is 19.5 Å². The zero-order chi connectivity index (χ0) is 25.6. The highest BCUT2D eigenvalue weighted by Gasteiger charge is 2.33. The van der Waals surface area contributed by atoms with E-state index >= 15 is 0 Å². The number of aromatic nitrogens is 4. The van der Waals surface area contributed by atoms with Gasteiger partial charge in [0.15, 0.2) is 11.2 Å². The van der Waals surface area contributed by atoms with Crippen LogP contribution >= 0.6 is 7.82 Å². The quantitative estimate of drug-likeness (QED) is 0.248. The van der Waals surface area contributed by atoms with E-state index in [9.17, 15) is 14.2 Å². The molecule has 194 valence electrons. The molecule has 1 aliphatic rings. The smallest absolute Gasteiger partial charge is 0.463 e. The maximum absolute atomic E-state index is 13.0. The molecule has 0 aliphatic carbocycles. The second kappa shape index (κ2) is 11.9. The van der Waals surface area contributed by atoms with Crippen molar-refractivity contribution in [1.29, 1.82) is 0 Å². The Kier molecular flexibility index (Phi) is 9.14. The molecule has 0 radical (unpaired) electrons. The maximum Gasteiger partial charge on any atom is 0.475 e. The van der Waals surface area contributed by atoms with Gasteiger partial charge in [-0.15, -0.1) is 0 Å². The summed E-state index contributed by atoms with van der Waals surface area (Å²) < 4.78 is 46.8. The van der Waals surface area contributed by atoms with Gasteiger partial charge in [0.05, 0.1) is 32.3 Å². The minimum absolute atomic E-state index is 0.0363. The first kappa shape index (κ1) is 27.0. The molecule has 3 rings (SSSR count). The van der Waals surface area contributed by atoms with Crippen LogP contribution in [0.5, 0.6) is 5.88 Å². The van der Waals surface area contributed by atoms with Crippen molar-refractivity contribution in [3.05, 3.63) is 6.33 Å². The lowest BCUT2D eigenvalue weighted by Crippen LogP contribution is -2.18. The topological polar surface area (TPSA) is 176 Å². The number of rotatable bonds is 12. The number of hydrogen-bond donors (Lipinski definition) is 1. The van der Waals surface area contributed by atoms with Gasteiger partial charge in [-0.25, -0.2) is 9.55 Å². The molecule has 0 saturated carbocycles. The summed E-state index contributed by atoms with van der Waals surface area (Å²) in [6.45, 7) is 6.18. The number of nitrogen functional groups attached to an aromatic ring is 1. The Morgan fingerprint density at radius 3 is 2.63 bits per heavy atom. The van der Waals surface area contributed by atoms with Gasteiger partial charge in [-0.2, -0.15) is 9.97 Å². The van der Waals surface area contributed by atoms with Crippen LogP contribution in [0.4, 0.5) is 5.95 Å². The van der Waals surface area contributed by atoms with E-state index in [1.54, 1.807) is 4.57 Å². The molecule has 3 heterocycles. The van der Waals surface area contributed by atoms with Gasteiger partial charge in [0.2, 0.25) is 5.95 Å². The lowest BCUT2D eigenvalue weighted by atomic mass is 10.2. The van der Waals surface area contributed by atoms with Crippen LogP contribution in [0.15, 0.2) is 6.33 Å². The fourth-order valence-corrected chi connectivity index (χ4v) is 4.55. The SMILES string of the molecule is CC(=O)OCCOP(=O)(OCC(C)C)OC[C@@H]1CC[C@H](n2cnc3c(OC(C)=O)nc(N)nc32)O1. The Labute approximate surface area is 202 Å². The number of ether oxygens (including phenoxy) is 3. The average Bonchev–Trinajstić information content (AvgIpc) is 3.40. The summed E-state index contributed by atoms with van der Waals surface area (Å²) in [6, 6.07) is 0. The van der Waals surface area contributed by atoms with Crippen LogP contribution in [-0.4, -0.2) is 64.0 Å². The molecule has 1 fully saturated rings. The normalized spacial score (nSPS) is 19.7. The van der Waals surface area contributed by atoms with E-state index in [1.807, 2.05) is 13.8 Å². The Morgan fingerprint density at radius 2 is 1.94 bits per heavy atom. The van der Waals surface area contributed by atoms with Gasteiger partial charge in [-0.05, 0) is 18.8 Å². The highest BCUT2D eigenvalue weighted by molar-refractivity contribution is 7.48. The minimum Gasteiger partial charge on any atom is -0.463 e. The fourth-order valence-electron chi connectivity index (χ4n) is 3.20. The number of anilines is 1. The number of phosphoric ester groups is 1. The van der Waals surface area contributed by atoms with Crippen molar-refractivity contribution in [2.24, 2.45) is 5.92 Å². The van der Waals surface area contributed by atoms with E-state index < -0.39 is 32.1 Å². The molecule has 1 unspecified atom stereocenters. The number of esters is 2. The van der Waals surface area contributed by atoms with Crippen molar-refractivity contribution in [3.8, 4) is 5.88 Å². The molecule has 0 bridgehead atoms. The maximum atomic E-state index is 13.0. The number of fused-ring (bicyclic) bond motifs is 1. The predicted molar refractivity (Wildman–Crippen MR) is 121 cm³/mol. The summed E-state index contributed by atoms with van der Waals surface area (Å²) in [4.78, 5) is 34.6. The molecule has 2 N–H and O–H groups in total. The first-order valence-corrected chi connectivity index (χ1v) is 12.5. The molecule has 15 heteroatoms. The molecule has 0 amide bonds. The van der Waals surface area contributed by atoms with Crippen LogP contribution in [-0.2, 0) is 37.2 Å². The van der Waals surface area contributed by atoms with Gasteiger partial charge < -0.3 is 19.9 Å². The molecule has 0 spiro atoms. The first-order chi connectivity index (χ1) is 16.6. The summed E-state index contributed by atoms with van der Waals surface area (Å²) in [5, 5.41) is 0. The van der Waals surface area contributed by atoms with Crippen molar-refractivity contribution in [3.63, 3.8) is 0 Å². The first-order valence-electron chi connectivity index (χ1n) is 11.1. The lowest BCUT2D eigenvalue weighted by molar-refractivity contribution is -0.142. The van der Waals surface area contributed by atoms with Crippen LogP contribution in [0.25, 0.3) is 11.2 Å². The summed E-state index contributed by atoms with van der Waals surface area (Å²) in [7, 11) is -3.91. The third-order valence-electron chi connectivity index (χ3n) is 4.67. The molecule has 2 aromatic rings. The highest BCUT2D eigenvalue weighted by atomic mass is 31.2. The van der Waals surface area contributed by atoms with Gasteiger partial charge in [0.25, 0.3) is 5.88 Å². The van der Waals surface area contributed by atoms with Gasteiger partial charge in [0.1, 0.15) is 12.8 Å². The van der Waals surface area contributed by atoms with E-state index in [-0.39, 0.29) is 49.7 Å². The summed E-state index contributed by atoms with van der Waals surface area (Å²) in [6.07, 6.45) is 1.77. The van der Waals surface area contributed by atoms with Gasteiger partial charge in [-0.1, -0.05) is 13.8 Å². The van der Waals surface area contributed by atoms with Gasteiger partial charge in [0, 0.05) is 13.8 Å². The Balaban J connectivity index is 1.63. The fraction of sp³-hybridized carbons (Fsp3) is 0.650. The molecule has 3 atom stereocenters. The predicted octanol–water partition coefficient (Wildman–Crippen LogP) is 2.39. The molecular formula is C20H30N5O9P. The van der Waals surface area contributed by atoms with Crippen molar-refractivity contribution >= 4 is 36.9 Å². The van der Waals surface area contributed by atoms with E-state index in [0.29, 0.717) is 18.5 Å². The molecule has 1 aliphatic heterocycles. The van der Waals surface area contributed by atoms with Crippen LogP contribution in [0.2, 0.25) is 0 Å². The molecule has 1 saturated heterocycles. The van der Waals surface area contributed by atoms with Crippen LogP contribution in [0.1, 0.15) is 46.8 Å². The number of imidazole rings is 1. The molecule has 14 nitrogen and oxygen atoms in total. The van der Waals surface area contributed by atoms with E-state index in [0.717, 1.165) is 0 Å². The Bertz CT molecular complexity index is 1090. The zero-order valence-corrected chi connectivity index (χ0v) is 20.9. The van der Waals surface area contributed by atoms with E-state index in [1.165, 1.54) is 20.2 Å². The molecule has 0 aromatic carbocycles. The number of hydrogen-bond acceptors (Lipinski definition) is 13. The number of nitrogens with two attached hydrogens (primary N) is 1. The lowest BCUT2D eigenvalue weighted by Gasteiger charge is -2.21. The molecule has 35 heavy (non-hydrogen) atoms. The van der Waals surface area contributed by atoms with E-state index in [2.05, 4.69) is 15.0 Å². The number of carbonyl (C=O) groups excluding carboxylic acids is 2. The Morgan fingerprint density at radius 1 is 1.17 bits per heavy atom. The van der Waals surface area contributed by atoms with Crippen molar-refractivity contribution in [2.75, 3.05) is 32.2 Å². The monoisotopic (exact) mass is 515 g/mol. The average molecular weight is 515 g/mol.